The number of aromatic nitrogens is 1. The predicted molar refractivity (Wildman–Crippen MR) is 141 cm³/mol. The molecule has 0 saturated carbocycles. The molecular formula is C29H26ClN3O4. The number of hydrogen-bond donors (Lipinski definition) is 1. The van der Waals surface area contributed by atoms with Crippen LogP contribution in [-0.4, -0.2) is 53.4 Å². The highest BCUT2D eigenvalue weighted by atomic mass is 35.5. The molecule has 0 spiro atoms. The summed E-state index contributed by atoms with van der Waals surface area (Å²) in [6, 6.07) is 20.0. The molecule has 1 fully saturated rings. The first-order valence-corrected chi connectivity index (χ1v) is 12.5. The fourth-order valence-electron chi connectivity index (χ4n) is 5.64. The maximum atomic E-state index is 13.9. The van der Waals surface area contributed by atoms with Crippen LogP contribution in [-0.2, 0) is 22.6 Å². The van der Waals surface area contributed by atoms with Crippen molar-refractivity contribution in [1.82, 2.24) is 14.8 Å². The van der Waals surface area contributed by atoms with Crippen molar-refractivity contribution in [3.8, 4) is 11.5 Å². The van der Waals surface area contributed by atoms with E-state index in [1.165, 1.54) is 0 Å². The van der Waals surface area contributed by atoms with Gasteiger partial charge >= 0.3 is 0 Å². The summed E-state index contributed by atoms with van der Waals surface area (Å²) in [5.74, 6) is 1.02. The van der Waals surface area contributed by atoms with Gasteiger partial charge in [-0.15, -0.1) is 0 Å². The number of benzene rings is 3. The van der Waals surface area contributed by atoms with Crippen LogP contribution in [0, 0.1) is 0 Å². The Morgan fingerprint density at radius 2 is 1.73 bits per heavy atom. The van der Waals surface area contributed by atoms with E-state index in [0.717, 1.165) is 33.3 Å². The zero-order valence-corrected chi connectivity index (χ0v) is 21.3. The first-order valence-electron chi connectivity index (χ1n) is 12.1. The highest BCUT2D eigenvalue weighted by Crippen LogP contribution is 2.44. The maximum absolute atomic E-state index is 13.9. The summed E-state index contributed by atoms with van der Waals surface area (Å²) < 4.78 is 11.0. The molecule has 2 aliphatic rings. The van der Waals surface area contributed by atoms with E-state index >= 15 is 0 Å². The molecule has 1 N–H and O–H groups in total. The van der Waals surface area contributed by atoms with Crippen molar-refractivity contribution < 1.29 is 19.1 Å². The minimum Gasteiger partial charge on any atom is -0.493 e. The van der Waals surface area contributed by atoms with Crippen molar-refractivity contribution in [2.24, 2.45) is 0 Å². The van der Waals surface area contributed by atoms with Crippen molar-refractivity contribution in [3.05, 3.63) is 94.1 Å². The van der Waals surface area contributed by atoms with Crippen LogP contribution in [0.15, 0.2) is 66.7 Å². The van der Waals surface area contributed by atoms with Crippen LogP contribution in [0.3, 0.4) is 0 Å². The molecule has 3 heterocycles. The number of carbonyl (C=O) groups excluding carboxylic acids is 2. The Labute approximate surface area is 219 Å². The van der Waals surface area contributed by atoms with Crippen LogP contribution < -0.4 is 9.47 Å². The summed E-state index contributed by atoms with van der Waals surface area (Å²) in [6.45, 7) is 0.366. The molecule has 1 aromatic heterocycles. The van der Waals surface area contributed by atoms with Crippen molar-refractivity contribution in [2.75, 3.05) is 20.8 Å². The Kier molecular flexibility index (Phi) is 5.80. The van der Waals surface area contributed by atoms with E-state index in [0.29, 0.717) is 29.5 Å². The summed E-state index contributed by atoms with van der Waals surface area (Å²) in [5.41, 5.74) is 4.75. The van der Waals surface area contributed by atoms with Crippen LogP contribution in [0.4, 0.5) is 0 Å². The van der Waals surface area contributed by atoms with E-state index in [1.54, 1.807) is 36.2 Å². The Bertz CT molecular complexity index is 1510. The van der Waals surface area contributed by atoms with Gasteiger partial charge in [0, 0.05) is 34.6 Å². The molecule has 2 atom stereocenters. The number of fused-ring (bicyclic) bond motifs is 4. The van der Waals surface area contributed by atoms with Crippen molar-refractivity contribution in [1.29, 1.82) is 0 Å². The molecule has 0 aliphatic carbocycles. The molecule has 6 rings (SSSR count). The standard InChI is InChI=1S/C29H26ClN3O4/c1-36-24-12-9-18(13-25(24)37-2)28-27-21(20-5-3-4-6-22(20)31-27)14-23-29(35)32(16-26(34)33(23)28)15-17-7-10-19(30)11-8-17/h3-13,23,28,31H,14-16H2,1-2H3/t23-,28-/m0/s1. The van der Waals surface area contributed by atoms with Gasteiger partial charge in [0.15, 0.2) is 11.5 Å². The van der Waals surface area contributed by atoms with Gasteiger partial charge in [-0.2, -0.15) is 0 Å². The van der Waals surface area contributed by atoms with E-state index in [9.17, 15) is 9.59 Å². The third kappa shape index (κ3) is 3.90. The van der Waals surface area contributed by atoms with Gasteiger partial charge in [-0.3, -0.25) is 9.59 Å². The number of rotatable bonds is 5. The van der Waals surface area contributed by atoms with Crippen molar-refractivity contribution >= 4 is 34.3 Å². The average Bonchev–Trinajstić information content (AvgIpc) is 3.29. The van der Waals surface area contributed by atoms with Crippen LogP contribution in [0.1, 0.15) is 28.4 Å². The molecule has 8 heteroatoms. The Hall–Kier alpha value is -3.97. The zero-order valence-electron chi connectivity index (χ0n) is 20.5. The van der Waals surface area contributed by atoms with E-state index in [4.69, 9.17) is 21.1 Å². The predicted octanol–water partition coefficient (Wildman–Crippen LogP) is 4.72. The number of nitrogens with zero attached hydrogens (tertiary/aromatic N) is 2. The van der Waals surface area contributed by atoms with Gasteiger partial charge in [0.25, 0.3) is 0 Å². The number of methoxy groups -OCH3 is 2. The van der Waals surface area contributed by atoms with E-state index in [1.807, 2.05) is 48.5 Å². The lowest BCUT2D eigenvalue weighted by Gasteiger charge is -2.47. The number of H-pyrrole nitrogens is 1. The van der Waals surface area contributed by atoms with Gasteiger partial charge < -0.3 is 24.3 Å². The minimum absolute atomic E-state index is 0.0112. The third-order valence-corrected chi connectivity index (χ3v) is 7.60. The molecule has 4 aromatic rings. The first-order chi connectivity index (χ1) is 18.0. The van der Waals surface area contributed by atoms with Crippen LogP contribution in [0.25, 0.3) is 10.9 Å². The number of aromatic amines is 1. The summed E-state index contributed by atoms with van der Waals surface area (Å²) in [4.78, 5) is 34.6. The van der Waals surface area contributed by atoms with Gasteiger partial charge in [0.2, 0.25) is 11.8 Å². The van der Waals surface area contributed by atoms with E-state index in [-0.39, 0.29) is 18.4 Å². The van der Waals surface area contributed by atoms with Gasteiger partial charge in [-0.1, -0.05) is 48.0 Å². The number of hydrogen-bond acceptors (Lipinski definition) is 4. The second-order valence-corrected chi connectivity index (χ2v) is 9.86. The van der Waals surface area contributed by atoms with E-state index < -0.39 is 12.1 Å². The first kappa shape index (κ1) is 23.4. The molecule has 2 amide bonds. The molecule has 1 saturated heterocycles. The topological polar surface area (TPSA) is 74.9 Å². The number of piperazine rings is 1. The van der Waals surface area contributed by atoms with Crippen LogP contribution >= 0.6 is 11.6 Å². The highest BCUT2D eigenvalue weighted by Gasteiger charge is 2.48. The summed E-state index contributed by atoms with van der Waals surface area (Å²) in [5, 5.41) is 1.70. The summed E-state index contributed by atoms with van der Waals surface area (Å²) in [6.07, 6.45) is 0.449. The number of para-hydroxylation sites is 1. The third-order valence-electron chi connectivity index (χ3n) is 7.35. The van der Waals surface area contributed by atoms with Crippen LogP contribution in [0.5, 0.6) is 11.5 Å². The normalized spacial score (nSPS) is 19.1. The van der Waals surface area contributed by atoms with Crippen molar-refractivity contribution in [3.63, 3.8) is 0 Å². The van der Waals surface area contributed by atoms with Gasteiger partial charge in [-0.05, 0) is 47.0 Å². The zero-order chi connectivity index (χ0) is 25.7. The smallest absolute Gasteiger partial charge is 0.246 e. The Morgan fingerprint density at radius 1 is 0.973 bits per heavy atom. The molecule has 37 heavy (non-hydrogen) atoms. The molecule has 188 valence electrons. The number of halogens is 1. The monoisotopic (exact) mass is 515 g/mol. The molecule has 0 radical (unpaired) electrons. The molecule has 2 aliphatic heterocycles. The summed E-state index contributed by atoms with van der Waals surface area (Å²) >= 11 is 6.04. The molecular weight excluding hydrogens is 490 g/mol. The quantitative estimate of drug-likeness (QED) is 0.417. The summed E-state index contributed by atoms with van der Waals surface area (Å²) in [7, 11) is 3.18. The fraction of sp³-hybridized carbons (Fsp3) is 0.241. The largest absolute Gasteiger partial charge is 0.493 e. The SMILES string of the molecule is COc1ccc([C@H]2c3[nH]c4ccccc4c3C[C@H]3C(=O)N(Cc4ccc(Cl)cc4)CC(=O)N23)cc1OC. The van der Waals surface area contributed by atoms with Crippen LogP contribution in [0.2, 0.25) is 5.02 Å². The van der Waals surface area contributed by atoms with Crippen molar-refractivity contribution in [2.45, 2.75) is 25.0 Å². The molecule has 7 nitrogen and oxygen atoms in total. The molecule has 0 unspecified atom stereocenters. The Morgan fingerprint density at radius 3 is 2.49 bits per heavy atom. The lowest BCUT2D eigenvalue weighted by Crippen LogP contribution is -2.62. The van der Waals surface area contributed by atoms with Gasteiger partial charge in [0.1, 0.15) is 12.6 Å². The molecule has 0 bridgehead atoms. The second-order valence-electron chi connectivity index (χ2n) is 9.42. The number of ether oxygens (including phenoxy) is 2. The lowest BCUT2D eigenvalue weighted by atomic mass is 9.86. The fourth-order valence-corrected chi connectivity index (χ4v) is 5.76. The van der Waals surface area contributed by atoms with Gasteiger partial charge in [-0.25, -0.2) is 0 Å². The van der Waals surface area contributed by atoms with E-state index in [2.05, 4.69) is 11.1 Å². The van der Waals surface area contributed by atoms with Gasteiger partial charge in [0.05, 0.1) is 20.3 Å². The second kappa shape index (κ2) is 9.16. The number of amides is 2. The lowest BCUT2D eigenvalue weighted by molar-refractivity contribution is -0.159. The highest BCUT2D eigenvalue weighted by molar-refractivity contribution is 6.30. The average molecular weight is 516 g/mol. The Balaban J connectivity index is 1.46. The maximum Gasteiger partial charge on any atom is 0.246 e. The number of nitrogens with one attached hydrogen (secondary N) is 1. The number of carbonyl (C=O) groups is 2. The molecule has 3 aromatic carbocycles. The minimum atomic E-state index is -0.613.